The van der Waals surface area contributed by atoms with Crippen LogP contribution in [0.1, 0.15) is 89.8 Å². The van der Waals surface area contributed by atoms with Gasteiger partial charge in [-0.1, -0.05) is 20.8 Å². The molecule has 202 valence electrons. The highest BCUT2D eigenvalue weighted by Crippen LogP contribution is 2.68. The highest BCUT2D eigenvalue weighted by atomic mass is 19.1. The van der Waals surface area contributed by atoms with Crippen molar-refractivity contribution in [1.29, 1.82) is 0 Å². The van der Waals surface area contributed by atoms with E-state index >= 15 is 0 Å². The van der Waals surface area contributed by atoms with Crippen molar-refractivity contribution in [2.75, 3.05) is 0 Å². The standard InChI is InChI=1S/C32H44FNO3/c1-19(4-11-30(37)34-15-13-20-16-22(33)6-10-28(20)34)25-8-9-26-24-7-5-21-17-23(35)12-14-31(21,2)27(24)18-29(36)32(25,26)3/h6,10,13,15-16,19,21,23-27,29,35-36H,4-5,7-9,11-12,14,17-18H2,1-3H3/t19-,21-,23-,24+,25-,26+,27+,29+,31+,32-/m1/s1. The highest BCUT2D eigenvalue weighted by molar-refractivity contribution is 5.92. The minimum Gasteiger partial charge on any atom is -0.393 e. The van der Waals surface area contributed by atoms with Crippen LogP contribution in [0.5, 0.6) is 0 Å². The molecule has 0 bridgehead atoms. The van der Waals surface area contributed by atoms with Crippen LogP contribution in [0.15, 0.2) is 30.5 Å². The second-order valence-corrected chi connectivity index (χ2v) is 13.7. The Morgan fingerprint density at radius 3 is 2.70 bits per heavy atom. The Hall–Kier alpha value is -1.72. The predicted octanol–water partition coefficient (Wildman–Crippen LogP) is 6.83. The summed E-state index contributed by atoms with van der Waals surface area (Å²) in [7, 11) is 0. The van der Waals surface area contributed by atoms with Crippen LogP contribution in [0.3, 0.4) is 0 Å². The first-order valence-electron chi connectivity index (χ1n) is 14.8. The van der Waals surface area contributed by atoms with E-state index in [1.54, 1.807) is 22.9 Å². The van der Waals surface area contributed by atoms with Gasteiger partial charge in [-0.05, 0) is 128 Å². The van der Waals surface area contributed by atoms with Gasteiger partial charge in [0.05, 0.1) is 17.7 Å². The molecule has 0 amide bonds. The molecule has 4 saturated carbocycles. The van der Waals surface area contributed by atoms with Gasteiger partial charge >= 0.3 is 0 Å². The average Bonchev–Trinajstić information content (AvgIpc) is 3.45. The maximum absolute atomic E-state index is 13.6. The summed E-state index contributed by atoms with van der Waals surface area (Å²) in [4.78, 5) is 13.1. The summed E-state index contributed by atoms with van der Waals surface area (Å²) in [6.07, 6.45) is 11.2. The Morgan fingerprint density at radius 2 is 1.89 bits per heavy atom. The number of aliphatic hydroxyl groups excluding tert-OH is 2. The third-order valence-corrected chi connectivity index (χ3v) is 12.2. The lowest BCUT2D eigenvalue weighted by Crippen LogP contribution is -2.58. The van der Waals surface area contributed by atoms with Crippen LogP contribution < -0.4 is 0 Å². The fraction of sp³-hybridized carbons (Fsp3) is 0.719. The molecule has 10 atom stereocenters. The van der Waals surface area contributed by atoms with E-state index in [4.69, 9.17) is 0 Å². The Balaban J connectivity index is 1.16. The van der Waals surface area contributed by atoms with Crippen molar-refractivity contribution in [1.82, 2.24) is 4.57 Å². The van der Waals surface area contributed by atoms with E-state index in [9.17, 15) is 19.4 Å². The quantitative estimate of drug-likeness (QED) is 0.475. The predicted molar refractivity (Wildman–Crippen MR) is 144 cm³/mol. The van der Waals surface area contributed by atoms with E-state index in [2.05, 4.69) is 20.8 Å². The van der Waals surface area contributed by atoms with E-state index in [1.165, 1.54) is 31.4 Å². The summed E-state index contributed by atoms with van der Waals surface area (Å²) >= 11 is 0. The number of carbonyl (C=O) groups excluding carboxylic acids is 1. The Morgan fingerprint density at radius 1 is 1.08 bits per heavy atom. The molecule has 0 unspecified atom stereocenters. The molecule has 37 heavy (non-hydrogen) atoms. The average molecular weight is 510 g/mol. The molecule has 4 aliphatic rings. The molecule has 4 nitrogen and oxygen atoms in total. The Bertz CT molecular complexity index is 1180. The summed E-state index contributed by atoms with van der Waals surface area (Å²) in [6.45, 7) is 7.12. The van der Waals surface area contributed by atoms with Crippen molar-refractivity contribution < 1.29 is 19.4 Å². The van der Waals surface area contributed by atoms with E-state index in [0.717, 1.165) is 49.4 Å². The molecule has 1 aromatic carbocycles. The Labute approximate surface area is 220 Å². The van der Waals surface area contributed by atoms with Gasteiger partial charge in [-0.3, -0.25) is 9.36 Å². The van der Waals surface area contributed by atoms with E-state index in [1.807, 2.05) is 0 Å². The number of aliphatic hydroxyl groups is 2. The number of fused-ring (bicyclic) bond motifs is 6. The van der Waals surface area contributed by atoms with Gasteiger partial charge in [-0.15, -0.1) is 0 Å². The second-order valence-electron chi connectivity index (χ2n) is 13.7. The van der Waals surface area contributed by atoms with Crippen molar-refractivity contribution in [3.8, 4) is 0 Å². The first kappa shape index (κ1) is 25.6. The molecule has 0 radical (unpaired) electrons. The van der Waals surface area contributed by atoms with Gasteiger partial charge in [0.2, 0.25) is 5.91 Å². The number of hydrogen-bond donors (Lipinski definition) is 2. The molecule has 0 saturated heterocycles. The lowest BCUT2D eigenvalue weighted by molar-refractivity contribution is -0.174. The smallest absolute Gasteiger partial charge is 0.231 e. The molecule has 4 fully saturated rings. The summed E-state index contributed by atoms with van der Waals surface area (Å²) in [5, 5.41) is 22.8. The first-order chi connectivity index (χ1) is 17.6. The van der Waals surface area contributed by atoms with Crippen LogP contribution in [-0.4, -0.2) is 32.9 Å². The van der Waals surface area contributed by atoms with Gasteiger partial charge in [-0.2, -0.15) is 0 Å². The monoisotopic (exact) mass is 509 g/mol. The molecule has 2 N–H and O–H groups in total. The number of carbonyl (C=O) groups is 1. The minimum absolute atomic E-state index is 0.0585. The maximum atomic E-state index is 13.6. The van der Waals surface area contributed by atoms with E-state index in [-0.39, 0.29) is 34.8 Å². The lowest BCUT2D eigenvalue weighted by atomic mass is 9.43. The zero-order valence-corrected chi connectivity index (χ0v) is 22.7. The topological polar surface area (TPSA) is 62.5 Å². The van der Waals surface area contributed by atoms with Crippen molar-refractivity contribution in [2.45, 2.75) is 97.2 Å². The zero-order valence-electron chi connectivity index (χ0n) is 22.7. The van der Waals surface area contributed by atoms with Gasteiger partial charge in [0, 0.05) is 18.0 Å². The van der Waals surface area contributed by atoms with Crippen LogP contribution in [-0.2, 0) is 0 Å². The van der Waals surface area contributed by atoms with E-state index in [0.29, 0.717) is 41.9 Å². The van der Waals surface area contributed by atoms with E-state index < -0.39 is 0 Å². The molecular formula is C32H44FNO3. The number of benzene rings is 1. The molecule has 0 aliphatic heterocycles. The van der Waals surface area contributed by atoms with Crippen LogP contribution in [0.4, 0.5) is 4.39 Å². The summed E-state index contributed by atoms with van der Waals surface area (Å²) in [5.74, 6) is 2.95. The third kappa shape index (κ3) is 3.93. The van der Waals surface area contributed by atoms with Crippen LogP contribution in [0, 0.1) is 52.2 Å². The van der Waals surface area contributed by atoms with Crippen molar-refractivity contribution in [3.63, 3.8) is 0 Å². The molecule has 2 aromatic rings. The fourth-order valence-electron chi connectivity index (χ4n) is 10.2. The number of rotatable bonds is 4. The molecule has 0 spiro atoms. The van der Waals surface area contributed by atoms with Crippen molar-refractivity contribution >= 4 is 16.8 Å². The third-order valence-electron chi connectivity index (χ3n) is 12.2. The first-order valence-corrected chi connectivity index (χ1v) is 14.8. The lowest BCUT2D eigenvalue weighted by Gasteiger charge is -2.62. The number of nitrogens with zero attached hydrogens (tertiary/aromatic N) is 1. The molecule has 6 rings (SSSR count). The van der Waals surface area contributed by atoms with Crippen LogP contribution in [0.2, 0.25) is 0 Å². The molecule has 5 heteroatoms. The maximum Gasteiger partial charge on any atom is 0.231 e. The summed E-state index contributed by atoms with van der Waals surface area (Å²) < 4.78 is 15.2. The van der Waals surface area contributed by atoms with Crippen LogP contribution in [0.25, 0.3) is 10.9 Å². The normalized spacial score (nSPS) is 42.2. The number of aromatic nitrogens is 1. The van der Waals surface area contributed by atoms with Gasteiger partial charge in [-0.25, -0.2) is 4.39 Å². The minimum atomic E-state index is -0.296. The number of halogens is 1. The van der Waals surface area contributed by atoms with Gasteiger partial charge in [0.25, 0.3) is 0 Å². The number of hydrogen-bond acceptors (Lipinski definition) is 3. The van der Waals surface area contributed by atoms with Crippen molar-refractivity contribution in [2.24, 2.45) is 46.3 Å². The fourth-order valence-corrected chi connectivity index (χ4v) is 10.2. The van der Waals surface area contributed by atoms with Gasteiger partial charge in [0.1, 0.15) is 5.82 Å². The summed E-state index contributed by atoms with van der Waals surface area (Å²) in [5.41, 5.74) is 0.932. The van der Waals surface area contributed by atoms with Crippen LogP contribution >= 0.6 is 0 Å². The Kier molecular flexibility index (Phi) is 6.35. The molecule has 1 heterocycles. The molecule has 1 aromatic heterocycles. The molecular weight excluding hydrogens is 465 g/mol. The SMILES string of the molecule is C[C@H](CCC(=O)n1ccc2cc(F)ccc21)[C@H]1CC[C@H]2[C@@H]3CC[C@@H]4C[C@H](O)CC[C@]4(C)[C@H]3C[C@H](O)[C@]12C. The van der Waals surface area contributed by atoms with Gasteiger partial charge in [0.15, 0.2) is 0 Å². The highest BCUT2D eigenvalue weighted by Gasteiger charge is 2.63. The van der Waals surface area contributed by atoms with Crippen molar-refractivity contribution in [3.05, 3.63) is 36.3 Å². The zero-order chi connectivity index (χ0) is 26.1. The summed E-state index contributed by atoms with van der Waals surface area (Å²) in [6, 6.07) is 6.38. The largest absolute Gasteiger partial charge is 0.393 e. The van der Waals surface area contributed by atoms with Gasteiger partial charge < -0.3 is 10.2 Å². The molecule has 4 aliphatic carbocycles. The second kappa shape index (κ2) is 9.19.